The van der Waals surface area contributed by atoms with Gasteiger partial charge in [0.05, 0.1) is 31.3 Å². The highest BCUT2D eigenvalue weighted by molar-refractivity contribution is 9.10. The topological polar surface area (TPSA) is 55.8 Å². The number of hydrogen-bond acceptors (Lipinski definition) is 4. The minimum absolute atomic E-state index is 0.106. The number of ether oxygens (including phenoxy) is 2. The van der Waals surface area contributed by atoms with Gasteiger partial charge >= 0.3 is 5.97 Å². The molecule has 2 rings (SSSR count). The first-order chi connectivity index (χ1) is 10.0. The molecule has 1 atom stereocenters. The van der Waals surface area contributed by atoms with Gasteiger partial charge in [0.15, 0.2) is 0 Å². The molecule has 1 unspecified atom stereocenters. The molecule has 1 saturated heterocycles. The minimum Gasteiger partial charge on any atom is -0.469 e. The summed E-state index contributed by atoms with van der Waals surface area (Å²) in [6, 6.07) is 5.04. The molecular formula is C14H15BrClNO4. The van der Waals surface area contributed by atoms with Crippen LogP contribution in [0.1, 0.15) is 16.8 Å². The maximum atomic E-state index is 12.5. The first-order valence-electron chi connectivity index (χ1n) is 6.44. The van der Waals surface area contributed by atoms with Gasteiger partial charge in [0.1, 0.15) is 0 Å². The predicted molar refractivity (Wildman–Crippen MR) is 81.4 cm³/mol. The van der Waals surface area contributed by atoms with Crippen molar-refractivity contribution < 1.29 is 19.1 Å². The van der Waals surface area contributed by atoms with Gasteiger partial charge in [-0.1, -0.05) is 11.6 Å². The molecule has 1 aliphatic heterocycles. The number of hydrogen-bond donors (Lipinski definition) is 0. The Balaban J connectivity index is 2.04. The predicted octanol–water partition coefficient (Wildman–Crippen LogP) is 2.51. The Hall–Kier alpha value is -1.11. The van der Waals surface area contributed by atoms with Gasteiger partial charge < -0.3 is 14.4 Å². The summed E-state index contributed by atoms with van der Waals surface area (Å²) in [6.07, 6.45) is -0.184. The number of methoxy groups -OCH3 is 1. The number of carbonyl (C=O) groups is 2. The van der Waals surface area contributed by atoms with Crippen molar-refractivity contribution in [1.29, 1.82) is 0 Å². The van der Waals surface area contributed by atoms with Gasteiger partial charge in [0, 0.05) is 23.1 Å². The summed E-state index contributed by atoms with van der Waals surface area (Å²) in [5.41, 5.74) is 0.546. The van der Waals surface area contributed by atoms with E-state index < -0.39 is 0 Å². The van der Waals surface area contributed by atoms with Crippen LogP contribution in [-0.4, -0.2) is 49.7 Å². The summed E-state index contributed by atoms with van der Waals surface area (Å²) in [6.45, 7) is 1.27. The number of carbonyl (C=O) groups excluding carboxylic acids is 2. The lowest BCUT2D eigenvalue weighted by molar-refractivity contribution is -0.145. The zero-order valence-corrected chi connectivity index (χ0v) is 13.8. The van der Waals surface area contributed by atoms with Crippen LogP contribution >= 0.6 is 27.5 Å². The number of benzene rings is 1. The Kier molecular flexibility index (Phi) is 5.61. The fraction of sp³-hybridized carbons (Fsp3) is 0.429. The van der Waals surface area contributed by atoms with Crippen molar-refractivity contribution >= 4 is 39.4 Å². The number of rotatable bonds is 3. The van der Waals surface area contributed by atoms with Crippen LogP contribution in [0.15, 0.2) is 22.7 Å². The zero-order chi connectivity index (χ0) is 15.4. The van der Waals surface area contributed by atoms with E-state index in [4.69, 9.17) is 16.3 Å². The lowest BCUT2D eigenvalue weighted by Gasteiger charge is -2.32. The zero-order valence-electron chi connectivity index (χ0n) is 11.5. The van der Waals surface area contributed by atoms with Crippen LogP contribution in [0, 0.1) is 0 Å². The quantitative estimate of drug-likeness (QED) is 0.761. The van der Waals surface area contributed by atoms with E-state index in [1.807, 2.05) is 0 Å². The molecule has 0 bridgehead atoms. The summed E-state index contributed by atoms with van der Waals surface area (Å²) in [5, 5.41) is 0.553. The second-order valence-electron chi connectivity index (χ2n) is 4.65. The highest BCUT2D eigenvalue weighted by Gasteiger charge is 2.27. The van der Waals surface area contributed by atoms with Gasteiger partial charge in [0.2, 0.25) is 0 Å². The molecule has 0 N–H and O–H groups in total. The Morgan fingerprint density at radius 2 is 2.29 bits per heavy atom. The second kappa shape index (κ2) is 7.24. The molecule has 21 heavy (non-hydrogen) atoms. The van der Waals surface area contributed by atoms with E-state index in [1.165, 1.54) is 7.11 Å². The fourth-order valence-electron chi connectivity index (χ4n) is 2.11. The van der Waals surface area contributed by atoms with Crippen LogP contribution in [0.4, 0.5) is 0 Å². The molecule has 1 aliphatic rings. The molecule has 1 aromatic rings. The van der Waals surface area contributed by atoms with Crippen molar-refractivity contribution in [2.45, 2.75) is 12.5 Å². The lowest BCUT2D eigenvalue weighted by atomic mass is 10.1. The van der Waals surface area contributed by atoms with Gasteiger partial charge in [-0.2, -0.15) is 0 Å². The third kappa shape index (κ3) is 4.18. The van der Waals surface area contributed by atoms with Crippen molar-refractivity contribution in [3.05, 3.63) is 33.3 Å². The first kappa shape index (κ1) is 16.3. The third-order valence-electron chi connectivity index (χ3n) is 3.21. The van der Waals surface area contributed by atoms with E-state index in [2.05, 4.69) is 20.7 Å². The number of amides is 1. The summed E-state index contributed by atoms with van der Waals surface area (Å²) in [7, 11) is 1.33. The Labute approximate surface area is 136 Å². The maximum absolute atomic E-state index is 12.5. The first-order valence-corrected chi connectivity index (χ1v) is 7.61. The number of morpholine rings is 1. The SMILES string of the molecule is COC(=O)CC1CN(C(=O)c2ccc(Cl)c(Br)c2)CCO1. The Morgan fingerprint density at radius 3 is 2.95 bits per heavy atom. The Morgan fingerprint density at radius 1 is 1.52 bits per heavy atom. The van der Waals surface area contributed by atoms with Crippen LogP contribution in [0.2, 0.25) is 5.02 Å². The number of nitrogens with zero attached hydrogens (tertiary/aromatic N) is 1. The maximum Gasteiger partial charge on any atom is 0.308 e. The molecule has 114 valence electrons. The molecule has 0 saturated carbocycles. The van der Waals surface area contributed by atoms with Crippen molar-refractivity contribution in [3.8, 4) is 0 Å². The molecule has 1 aromatic carbocycles. The molecule has 5 nitrogen and oxygen atoms in total. The van der Waals surface area contributed by atoms with Crippen LogP contribution in [-0.2, 0) is 14.3 Å². The summed E-state index contributed by atoms with van der Waals surface area (Å²) in [4.78, 5) is 25.4. The summed E-state index contributed by atoms with van der Waals surface area (Å²) >= 11 is 9.23. The van der Waals surface area contributed by atoms with Crippen molar-refractivity contribution in [2.24, 2.45) is 0 Å². The molecule has 0 aliphatic carbocycles. The smallest absolute Gasteiger partial charge is 0.308 e. The molecular weight excluding hydrogens is 362 g/mol. The van der Waals surface area contributed by atoms with E-state index in [0.29, 0.717) is 34.8 Å². The van der Waals surface area contributed by atoms with E-state index >= 15 is 0 Å². The van der Waals surface area contributed by atoms with E-state index in [1.54, 1.807) is 23.1 Å². The van der Waals surface area contributed by atoms with Crippen LogP contribution < -0.4 is 0 Å². The van der Waals surface area contributed by atoms with E-state index in [0.717, 1.165) is 0 Å². The molecule has 7 heteroatoms. The highest BCUT2D eigenvalue weighted by atomic mass is 79.9. The van der Waals surface area contributed by atoms with Crippen LogP contribution in [0.5, 0.6) is 0 Å². The number of esters is 1. The lowest BCUT2D eigenvalue weighted by Crippen LogP contribution is -2.46. The average molecular weight is 377 g/mol. The standard InChI is InChI=1S/C14H15BrClNO4/c1-20-13(18)7-10-8-17(4-5-21-10)14(19)9-2-3-12(16)11(15)6-9/h2-3,6,10H,4-5,7-8H2,1H3. The second-order valence-corrected chi connectivity index (χ2v) is 5.91. The van der Waals surface area contributed by atoms with Gasteiger partial charge in [-0.3, -0.25) is 9.59 Å². The molecule has 1 amide bonds. The van der Waals surface area contributed by atoms with Gasteiger partial charge in [-0.25, -0.2) is 0 Å². The van der Waals surface area contributed by atoms with Gasteiger partial charge in [0.25, 0.3) is 5.91 Å². The van der Waals surface area contributed by atoms with E-state index in [9.17, 15) is 9.59 Å². The van der Waals surface area contributed by atoms with Crippen molar-refractivity contribution in [3.63, 3.8) is 0 Å². The Bertz CT molecular complexity index is 552. The van der Waals surface area contributed by atoms with Gasteiger partial charge in [-0.15, -0.1) is 0 Å². The number of halogens is 2. The largest absolute Gasteiger partial charge is 0.469 e. The highest BCUT2D eigenvalue weighted by Crippen LogP contribution is 2.24. The summed E-state index contributed by atoms with van der Waals surface area (Å²) < 4.78 is 10.8. The molecule has 1 heterocycles. The fourth-order valence-corrected chi connectivity index (χ4v) is 2.60. The molecule has 0 radical (unpaired) electrons. The van der Waals surface area contributed by atoms with E-state index in [-0.39, 0.29) is 24.4 Å². The van der Waals surface area contributed by atoms with Crippen molar-refractivity contribution in [2.75, 3.05) is 26.8 Å². The van der Waals surface area contributed by atoms with Crippen LogP contribution in [0.25, 0.3) is 0 Å². The monoisotopic (exact) mass is 375 g/mol. The average Bonchev–Trinajstić information content (AvgIpc) is 2.49. The molecule has 0 spiro atoms. The normalized spacial score (nSPS) is 18.4. The summed E-state index contributed by atoms with van der Waals surface area (Å²) in [5.74, 6) is -0.450. The third-order valence-corrected chi connectivity index (χ3v) is 4.43. The van der Waals surface area contributed by atoms with Crippen LogP contribution in [0.3, 0.4) is 0 Å². The molecule has 0 aromatic heterocycles. The van der Waals surface area contributed by atoms with Crippen molar-refractivity contribution in [1.82, 2.24) is 4.90 Å². The van der Waals surface area contributed by atoms with Gasteiger partial charge in [-0.05, 0) is 34.1 Å². The molecule has 1 fully saturated rings. The minimum atomic E-state index is -0.344.